The highest BCUT2D eigenvalue weighted by Gasteiger charge is 2.08. The van der Waals surface area contributed by atoms with E-state index >= 15 is 0 Å². The fourth-order valence-corrected chi connectivity index (χ4v) is 1.94. The topological polar surface area (TPSA) is 41.1 Å². The van der Waals surface area contributed by atoms with Gasteiger partial charge in [0.05, 0.1) is 17.3 Å². The van der Waals surface area contributed by atoms with Crippen molar-refractivity contribution in [3.05, 3.63) is 28.2 Å². The molecule has 0 aliphatic carbocycles. The van der Waals surface area contributed by atoms with Crippen molar-refractivity contribution in [3.63, 3.8) is 0 Å². The van der Waals surface area contributed by atoms with Gasteiger partial charge in [-0.25, -0.2) is 0 Å². The summed E-state index contributed by atoms with van der Waals surface area (Å²) in [5.41, 5.74) is 0.670. The zero-order chi connectivity index (χ0) is 13.5. The first-order chi connectivity index (χ1) is 8.56. The molecule has 18 heavy (non-hydrogen) atoms. The fraction of sp³-hybridized carbons (Fsp3) is 0.462. The van der Waals surface area contributed by atoms with Gasteiger partial charge in [0.2, 0.25) is 5.91 Å². The van der Waals surface area contributed by atoms with Gasteiger partial charge in [-0.3, -0.25) is 4.79 Å². The van der Waals surface area contributed by atoms with Crippen LogP contribution in [0.5, 0.6) is 0 Å². The Hall–Kier alpha value is -0.930. The van der Waals surface area contributed by atoms with Crippen molar-refractivity contribution in [3.8, 4) is 0 Å². The number of hydrogen-bond acceptors (Lipinski definition) is 2. The summed E-state index contributed by atoms with van der Waals surface area (Å²) in [6.07, 6.45) is 1.86. The van der Waals surface area contributed by atoms with Crippen LogP contribution in [0.4, 0.5) is 5.69 Å². The summed E-state index contributed by atoms with van der Waals surface area (Å²) in [7, 11) is 0. The van der Waals surface area contributed by atoms with E-state index in [1.165, 1.54) is 0 Å². The van der Waals surface area contributed by atoms with Crippen LogP contribution in [0, 0.1) is 0 Å². The van der Waals surface area contributed by atoms with E-state index in [-0.39, 0.29) is 18.5 Å². The molecule has 0 unspecified atom stereocenters. The van der Waals surface area contributed by atoms with Crippen molar-refractivity contribution in [1.82, 2.24) is 5.32 Å². The second-order valence-electron chi connectivity index (χ2n) is 4.06. The number of halogens is 2. The van der Waals surface area contributed by atoms with Gasteiger partial charge in [0, 0.05) is 11.1 Å². The number of hydrogen-bond donors (Lipinski definition) is 2. The second kappa shape index (κ2) is 7.49. The van der Waals surface area contributed by atoms with Crippen LogP contribution in [0.15, 0.2) is 18.2 Å². The van der Waals surface area contributed by atoms with E-state index < -0.39 is 0 Å². The largest absolute Gasteiger partial charge is 0.375 e. The maximum absolute atomic E-state index is 11.7. The van der Waals surface area contributed by atoms with Gasteiger partial charge in [0.1, 0.15) is 0 Å². The highest BCUT2D eigenvalue weighted by atomic mass is 35.5. The van der Waals surface area contributed by atoms with E-state index in [4.69, 9.17) is 23.2 Å². The van der Waals surface area contributed by atoms with Gasteiger partial charge in [-0.15, -0.1) is 0 Å². The van der Waals surface area contributed by atoms with Crippen LogP contribution in [-0.4, -0.2) is 18.5 Å². The van der Waals surface area contributed by atoms with Crippen molar-refractivity contribution in [2.75, 3.05) is 11.9 Å². The average molecular weight is 289 g/mol. The van der Waals surface area contributed by atoms with E-state index in [0.29, 0.717) is 15.7 Å². The van der Waals surface area contributed by atoms with Gasteiger partial charge < -0.3 is 10.6 Å². The molecule has 0 fully saturated rings. The summed E-state index contributed by atoms with van der Waals surface area (Å²) in [6, 6.07) is 5.34. The number of rotatable bonds is 6. The lowest BCUT2D eigenvalue weighted by atomic mass is 10.2. The summed E-state index contributed by atoms with van der Waals surface area (Å²) in [5.74, 6) is -0.0419. The molecule has 0 radical (unpaired) electrons. The standard InChI is InChI=1S/C13H18Cl2N2O/c1-3-10(4-2)17-13(18)8-16-12-7-9(14)5-6-11(12)15/h5-7,10,16H,3-4,8H2,1-2H3,(H,17,18). The third kappa shape index (κ3) is 4.75. The molecule has 0 saturated heterocycles. The van der Waals surface area contributed by atoms with Crippen LogP contribution in [0.1, 0.15) is 26.7 Å². The third-order valence-electron chi connectivity index (χ3n) is 2.72. The monoisotopic (exact) mass is 288 g/mol. The lowest BCUT2D eigenvalue weighted by Crippen LogP contribution is -2.37. The second-order valence-corrected chi connectivity index (χ2v) is 4.90. The fourth-order valence-electron chi connectivity index (χ4n) is 1.58. The van der Waals surface area contributed by atoms with Crippen molar-refractivity contribution in [1.29, 1.82) is 0 Å². The van der Waals surface area contributed by atoms with Crippen molar-refractivity contribution in [2.45, 2.75) is 32.7 Å². The van der Waals surface area contributed by atoms with Crippen LogP contribution in [-0.2, 0) is 4.79 Å². The van der Waals surface area contributed by atoms with E-state index in [2.05, 4.69) is 24.5 Å². The molecule has 0 aliphatic heterocycles. The molecule has 0 aromatic heterocycles. The SMILES string of the molecule is CCC(CC)NC(=O)CNc1cc(Cl)ccc1Cl. The van der Waals surface area contributed by atoms with Crippen molar-refractivity contribution in [2.24, 2.45) is 0 Å². The zero-order valence-electron chi connectivity index (χ0n) is 10.6. The van der Waals surface area contributed by atoms with Crippen LogP contribution in [0.2, 0.25) is 10.0 Å². The number of benzene rings is 1. The first-order valence-corrected chi connectivity index (χ1v) is 6.80. The minimum atomic E-state index is -0.0419. The highest BCUT2D eigenvalue weighted by Crippen LogP contribution is 2.24. The van der Waals surface area contributed by atoms with Gasteiger partial charge >= 0.3 is 0 Å². The van der Waals surface area contributed by atoms with Crippen molar-refractivity contribution >= 4 is 34.8 Å². The predicted molar refractivity (Wildman–Crippen MR) is 77.5 cm³/mol. The Morgan fingerprint density at radius 2 is 1.94 bits per heavy atom. The van der Waals surface area contributed by atoms with Gasteiger partial charge in [0.25, 0.3) is 0 Å². The van der Waals surface area contributed by atoms with Gasteiger partial charge in [-0.2, -0.15) is 0 Å². The number of carbonyl (C=O) groups is 1. The molecule has 2 N–H and O–H groups in total. The van der Waals surface area contributed by atoms with E-state index in [1.807, 2.05) is 0 Å². The predicted octanol–water partition coefficient (Wildman–Crippen LogP) is 3.71. The lowest BCUT2D eigenvalue weighted by Gasteiger charge is -2.15. The van der Waals surface area contributed by atoms with E-state index in [1.54, 1.807) is 18.2 Å². The first-order valence-electron chi connectivity index (χ1n) is 6.05. The molecule has 1 aromatic rings. The number of amides is 1. The molecular weight excluding hydrogens is 271 g/mol. The molecule has 0 bridgehead atoms. The number of nitrogens with one attached hydrogen (secondary N) is 2. The summed E-state index contributed by atoms with van der Waals surface area (Å²) in [6.45, 7) is 4.29. The van der Waals surface area contributed by atoms with E-state index in [9.17, 15) is 4.79 Å². The molecule has 0 saturated carbocycles. The van der Waals surface area contributed by atoms with Crippen LogP contribution < -0.4 is 10.6 Å². The summed E-state index contributed by atoms with van der Waals surface area (Å²) >= 11 is 11.8. The minimum Gasteiger partial charge on any atom is -0.375 e. The molecule has 100 valence electrons. The number of carbonyl (C=O) groups excluding carboxylic acids is 1. The Morgan fingerprint density at radius 3 is 2.56 bits per heavy atom. The van der Waals surface area contributed by atoms with Gasteiger partial charge in [-0.05, 0) is 31.0 Å². The highest BCUT2D eigenvalue weighted by molar-refractivity contribution is 6.35. The average Bonchev–Trinajstić information content (AvgIpc) is 2.37. The molecule has 0 spiro atoms. The molecule has 0 atom stereocenters. The maximum Gasteiger partial charge on any atom is 0.239 e. The minimum absolute atomic E-state index is 0.0419. The smallest absolute Gasteiger partial charge is 0.239 e. The van der Waals surface area contributed by atoms with Crippen molar-refractivity contribution < 1.29 is 4.79 Å². The Labute approximate surface area is 118 Å². The third-order valence-corrected chi connectivity index (χ3v) is 3.28. The molecule has 1 amide bonds. The molecule has 0 aliphatic rings. The van der Waals surface area contributed by atoms with Crippen LogP contribution in [0.25, 0.3) is 0 Å². The summed E-state index contributed by atoms with van der Waals surface area (Å²) in [5, 5.41) is 7.06. The van der Waals surface area contributed by atoms with Crippen LogP contribution >= 0.6 is 23.2 Å². The zero-order valence-corrected chi connectivity index (χ0v) is 12.1. The van der Waals surface area contributed by atoms with E-state index in [0.717, 1.165) is 12.8 Å². The summed E-state index contributed by atoms with van der Waals surface area (Å²) in [4.78, 5) is 11.7. The summed E-state index contributed by atoms with van der Waals surface area (Å²) < 4.78 is 0. The van der Waals surface area contributed by atoms with Gasteiger partial charge in [-0.1, -0.05) is 37.0 Å². The molecular formula is C13H18Cl2N2O. The Balaban J connectivity index is 2.49. The molecule has 3 nitrogen and oxygen atoms in total. The normalized spacial score (nSPS) is 10.5. The lowest BCUT2D eigenvalue weighted by molar-refractivity contribution is -0.120. The van der Waals surface area contributed by atoms with Crippen LogP contribution in [0.3, 0.4) is 0 Å². The first kappa shape index (κ1) is 15.1. The molecule has 0 heterocycles. The quantitative estimate of drug-likeness (QED) is 0.838. The maximum atomic E-state index is 11.7. The molecule has 1 rings (SSSR count). The Morgan fingerprint density at radius 1 is 1.28 bits per heavy atom. The van der Waals surface area contributed by atoms with Gasteiger partial charge in [0.15, 0.2) is 0 Å². The number of anilines is 1. The Bertz CT molecular complexity index is 406. The Kier molecular flexibility index (Phi) is 6.30. The molecule has 5 heteroatoms. The molecule has 1 aromatic carbocycles.